The van der Waals surface area contributed by atoms with Crippen LogP contribution in [0.4, 0.5) is 0 Å². The Hall–Kier alpha value is -0.410. The molecule has 0 aromatic carbocycles. The molecular weight excluding hydrogens is 182 g/mol. The monoisotopic (exact) mass is 199 g/mol. The van der Waals surface area contributed by atoms with Crippen LogP contribution in [0.3, 0.4) is 0 Å². The van der Waals surface area contributed by atoms with Gasteiger partial charge in [0.15, 0.2) is 0 Å². The standard InChI is InChI=1S/C10H17NOS/c1-3-4-5-6-10(2,12)9-11-7-8-13-9/h7-8,12H,3-6H2,1-2H3. The van der Waals surface area contributed by atoms with Crippen LogP contribution in [0.15, 0.2) is 11.6 Å². The molecule has 13 heavy (non-hydrogen) atoms. The van der Waals surface area contributed by atoms with Crippen LogP contribution < -0.4 is 0 Å². The highest BCUT2D eigenvalue weighted by Crippen LogP contribution is 2.28. The molecule has 0 spiro atoms. The fourth-order valence-electron chi connectivity index (χ4n) is 1.32. The average Bonchev–Trinajstić information content (AvgIpc) is 2.56. The highest BCUT2D eigenvalue weighted by atomic mass is 32.1. The third-order valence-electron chi connectivity index (χ3n) is 2.16. The average molecular weight is 199 g/mol. The zero-order chi connectivity index (χ0) is 9.73. The first-order chi connectivity index (χ1) is 6.17. The van der Waals surface area contributed by atoms with Crippen molar-refractivity contribution >= 4 is 11.3 Å². The van der Waals surface area contributed by atoms with Gasteiger partial charge >= 0.3 is 0 Å². The minimum Gasteiger partial charge on any atom is -0.383 e. The molecule has 0 saturated heterocycles. The lowest BCUT2D eigenvalue weighted by Crippen LogP contribution is -2.20. The van der Waals surface area contributed by atoms with Crippen LogP contribution in [0, 0.1) is 0 Å². The Morgan fingerprint density at radius 3 is 2.85 bits per heavy atom. The maximum Gasteiger partial charge on any atom is 0.124 e. The van der Waals surface area contributed by atoms with E-state index >= 15 is 0 Å². The molecule has 0 fully saturated rings. The number of nitrogens with zero attached hydrogens (tertiary/aromatic N) is 1. The molecule has 0 aliphatic rings. The summed E-state index contributed by atoms with van der Waals surface area (Å²) in [7, 11) is 0. The van der Waals surface area contributed by atoms with Gasteiger partial charge in [0.05, 0.1) is 0 Å². The minimum absolute atomic E-state index is 0.719. The first-order valence-corrected chi connectivity index (χ1v) is 5.67. The van der Waals surface area contributed by atoms with Gasteiger partial charge in [-0.2, -0.15) is 0 Å². The second-order valence-electron chi connectivity index (χ2n) is 3.57. The maximum atomic E-state index is 10.0. The summed E-state index contributed by atoms with van der Waals surface area (Å²) >= 11 is 1.53. The first-order valence-electron chi connectivity index (χ1n) is 4.79. The molecule has 3 heteroatoms. The molecule has 1 rings (SSSR count). The molecule has 0 radical (unpaired) electrons. The SMILES string of the molecule is CCCCCC(C)(O)c1nccs1. The van der Waals surface area contributed by atoms with Crippen molar-refractivity contribution in [3.63, 3.8) is 0 Å². The third kappa shape index (κ3) is 3.08. The van der Waals surface area contributed by atoms with Gasteiger partial charge < -0.3 is 5.11 Å². The fraction of sp³-hybridized carbons (Fsp3) is 0.700. The van der Waals surface area contributed by atoms with Crippen LogP contribution >= 0.6 is 11.3 Å². The zero-order valence-corrected chi connectivity index (χ0v) is 9.10. The van der Waals surface area contributed by atoms with E-state index in [-0.39, 0.29) is 0 Å². The smallest absolute Gasteiger partial charge is 0.124 e. The fourth-order valence-corrected chi connectivity index (χ4v) is 2.04. The van der Waals surface area contributed by atoms with Gasteiger partial charge in [0.25, 0.3) is 0 Å². The van der Waals surface area contributed by atoms with Crippen molar-refractivity contribution in [2.75, 3.05) is 0 Å². The summed E-state index contributed by atoms with van der Waals surface area (Å²) in [5, 5.41) is 12.8. The molecular formula is C10H17NOS. The van der Waals surface area contributed by atoms with Crippen molar-refractivity contribution in [2.45, 2.75) is 45.1 Å². The van der Waals surface area contributed by atoms with Crippen LogP contribution in [0.1, 0.15) is 44.5 Å². The molecule has 74 valence electrons. The summed E-state index contributed by atoms with van der Waals surface area (Å²) in [6.07, 6.45) is 6.00. The van der Waals surface area contributed by atoms with Gasteiger partial charge in [-0.15, -0.1) is 11.3 Å². The van der Waals surface area contributed by atoms with Crippen LogP contribution in [0.2, 0.25) is 0 Å². The summed E-state index contributed by atoms with van der Waals surface area (Å²) in [5.74, 6) is 0. The Kier molecular flexibility index (Phi) is 3.88. The highest BCUT2D eigenvalue weighted by Gasteiger charge is 2.24. The number of hydrogen-bond acceptors (Lipinski definition) is 3. The molecule has 0 bridgehead atoms. The Morgan fingerprint density at radius 2 is 2.31 bits per heavy atom. The van der Waals surface area contributed by atoms with E-state index in [2.05, 4.69) is 11.9 Å². The molecule has 1 atom stereocenters. The Balaban J connectivity index is 2.46. The van der Waals surface area contributed by atoms with Crippen molar-refractivity contribution in [3.8, 4) is 0 Å². The number of rotatable bonds is 5. The predicted octanol–water partition coefficient (Wildman–Crippen LogP) is 2.93. The Morgan fingerprint density at radius 1 is 1.54 bits per heavy atom. The van der Waals surface area contributed by atoms with Crippen molar-refractivity contribution in [1.29, 1.82) is 0 Å². The van der Waals surface area contributed by atoms with E-state index in [1.165, 1.54) is 24.2 Å². The van der Waals surface area contributed by atoms with E-state index in [1.54, 1.807) is 6.20 Å². The summed E-state index contributed by atoms with van der Waals surface area (Å²) in [5.41, 5.74) is -0.719. The van der Waals surface area contributed by atoms with Crippen LogP contribution in [0.25, 0.3) is 0 Å². The summed E-state index contributed by atoms with van der Waals surface area (Å²) in [4.78, 5) is 4.14. The maximum absolute atomic E-state index is 10.0. The topological polar surface area (TPSA) is 33.1 Å². The second kappa shape index (κ2) is 4.72. The molecule has 1 N–H and O–H groups in total. The van der Waals surface area contributed by atoms with Crippen molar-refractivity contribution < 1.29 is 5.11 Å². The summed E-state index contributed by atoms with van der Waals surface area (Å²) in [6, 6.07) is 0. The molecule has 1 heterocycles. The minimum atomic E-state index is -0.719. The van der Waals surface area contributed by atoms with Gasteiger partial charge in [0, 0.05) is 11.6 Å². The van der Waals surface area contributed by atoms with Gasteiger partial charge in [-0.25, -0.2) is 4.98 Å². The number of hydrogen-bond donors (Lipinski definition) is 1. The van der Waals surface area contributed by atoms with Crippen molar-refractivity contribution in [3.05, 3.63) is 16.6 Å². The number of thiazole rings is 1. The molecule has 0 aliphatic carbocycles. The molecule has 1 aromatic heterocycles. The lowest BCUT2D eigenvalue weighted by Gasteiger charge is -2.19. The Labute approximate surface area is 83.6 Å². The number of aliphatic hydroxyl groups is 1. The van der Waals surface area contributed by atoms with Gasteiger partial charge in [0.2, 0.25) is 0 Å². The normalized spacial score (nSPS) is 15.6. The van der Waals surface area contributed by atoms with Gasteiger partial charge in [-0.3, -0.25) is 0 Å². The summed E-state index contributed by atoms with van der Waals surface area (Å²) in [6.45, 7) is 4.01. The van der Waals surface area contributed by atoms with E-state index in [1.807, 2.05) is 12.3 Å². The van der Waals surface area contributed by atoms with Crippen molar-refractivity contribution in [1.82, 2.24) is 4.98 Å². The Bertz CT molecular complexity index is 231. The van der Waals surface area contributed by atoms with Gasteiger partial charge in [-0.05, 0) is 13.3 Å². The van der Waals surface area contributed by atoms with E-state index in [4.69, 9.17) is 0 Å². The van der Waals surface area contributed by atoms with Crippen molar-refractivity contribution in [2.24, 2.45) is 0 Å². The van der Waals surface area contributed by atoms with Gasteiger partial charge in [-0.1, -0.05) is 26.2 Å². The third-order valence-corrected chi connectivity index (χ3v) is 3.19. The quantitative estimate of drug-likeness (QED) is 0.740. The predicted molar refractivity (Wildman–Crippen MR) is 55.8 cm³/mol. The first kappa shape index (κ1) is 10.7. The molecule has 0 saturated carbocycles. The molecule has 0 amide bonds. The van der Waals surface area contributed by atoms with Crippen LogP contribution in [-0.2, 0) is 5.60 Å². The largest absolute Gasteiger partial charge is 0.383 e. The number of aromatic nitrogens is 1. The van der Waals surface area contributed by atoms with Crippen LogP contribution in [-0.4, -0.2) is 10.1 Å². The molecule has 1 unspecified atom stereocenters. The van der Waals surface area contributed by atoms with E-state index in [9.17, 15) is 5.11 Å². The van der Waals surface area contributed by atoms with E-state index in [0.29, 0.717) is 0 Å². The lowest BCUT2D eigenvalue weighted by molar-refractivity contribution is 0.0447. The van der Waals surface area contributed by atoms with Gasteiger partial charge in [0.1, 0.15) is 10.6 Å². The van der Waals surface area contributed by atoms with E-state index < -0.39 is 5.60 Å². The molecule has 1 aromatic rings. The summed E-state index contributed by atoms with van der Waals surface area (Å²) < 4.78 is 0. The highest BCUT2D eigenvalue weighted by molar-refractivity contribution is 7.09. The lowest BCUT2D eigenvalue weighted by atomic mass is 9.99. The molecule has 2 nitrogen and oxygen atoms in total. The zero-order valence-electron chi connectivity index (χ0n) is 8.29. The molecule has 0 aliphatic heterocycles. The van der Waals surface area contributed by atoms with Crippen LogP contribution in [0.5, 0.6) is 0 Å². The number of unbranched alkanes of at least 4 members (excludes halogenated alkanes) is 2. The van der Waals surface area contributed by atoms with E-state index in [0.717, 1.165) is 17.8 Å². The second-order valence-corrected chi connectivity index (χ2v) is 4.46.